The van der Waals surface area contributed by atoms with Crippen LogP contribution in [-0.4, -0.2) is 35.8 Å². The van der Waals surface area contributed by atoms with Crippen LogP contribution in [0.25, 0.3) is 0 Å². The van der Waals surface area contributed by atoms with Crippen molar-refractivity contribution in [2.24, 2.45) is 0 Å². The minimum Gasteiger partial charge on any atom is -0.374 e. The standard InChI is InChI=1S/C11H19BrN4O/c1-5-17-11(2,3)6-14-10-8(12)9(13-4)15-7-16-10/h7H,5-6H2,1-4H3,(H2,13,14,15,16). The third kappa shape index (κ3) is 4.12. The molecule has 0 amide bonds. The van der Waals surface area contributed by atoms with E-state index in [2.05, 4.69) is 36.5 Å². The normalized spacial score (nSPS) is 11.4. The molecule has 5 nitrogen and oxygen atoms in total. The van der Waals surface area contributed by atoms with Gasteiger partial charge in [-0.05, 0) is 36.7 Å². The number of hydrogen-bond donors (Lipinski definition) is 2. The van der Waals surface area contributed by atoms with Gasteiger partial charge in [0, 0.05) is 20.2 Å². The van der Waals surface area contributed by atoms with Crippen LogP contribution in [-0.2, 0) is 4.74 Å². The van der Waals surface area contributed by atoms with Crippen LogP contribution in [0.3, 0.4) is 0 Å². The molecule has 1 rings (SSSR count). The van der Waals surface area contributed by atoms with Crippen molar-refractivity contribution >= 4 is 27.6 Å². The van der Waals surface area contributed by atoms with Crippen LogP contribution in [0.2, 0.25) is 0 Å². The average molecular weight is 303 g/mol. The van der Waals surface area contributed by atoms with E-state index in [0.29, 0.717) is 13.2 Å². The molecule has 6 heteroatoms. The number of anilines is 2. The van der Waals surface area contributed by atoms with Crippen LogP contribution in [0.1, 0.15) is 20.8 Å². The fourth-order valence-electron chi connectivity index (χ4n) is 1.41. The first-order valence-electron chi connectivity index (χ1n) is 5.56. The monoisotopic (exact) mass is 302 g/mol. The first kappa shape index (κ1) is 14.2. The predicted octanol–water partition coefficient (Wildman–Crippen LogP) is 2.51. The quantitative estimate of drug-likeness (QED) is 0.845. The van der Waals surface area contributed by atoms with E-state index in [4.69, 9.17) is 4.74 Å². The van der Waals surface area contributed by atoms with E-state index in [9.17, 15) is 0 Å². The van der Waals surface area contributed by atoms with Crippen LogP contribution in [0.4, 0.5) is 11.6 Å². The maximum absolute atomic E-state index is 5.61. The highest BCUT2D eigenvalue weighted by Crippen LogP contribution is 2.26. The summed E-state index contributed by atoms with van der Waals surface area (Å²) in [4.78, 5) is 8.28. The van der Waals surface area contributed by atoms with E-state index in [1.54, 1.807) is 0 Å². The summed E-state index contributed by atoms with van der Waals surface area (Å²) in [5, 5.41) is 6.24. The van der Waals surface area contributed by atoms with Gasteiger partial charge in [0.2, 0.25) is 0 Å². The van der Waals surface area contributed by atoms with Gasteiger partial charge in [-0.15, -0.1) is 0 Å². The smallest absolute Gasteiger partial charge is 0.146 e. The zero-order valence-electron chi connectivity index (χ0n) is 10.7. The molecule has 96 valence electrons. The Hall–Kier alpha value is -0.880. The number of hydrogen-bond acceptors (Lipinski definition) is 5. The molecule has 0 saturated heterocycles. The van der Waals surface area contributed by atoms with Gasteiger partial charge in [-0.1, -0.05) is 0 Å². The van der Waals surface area contributed by atoms with E-state index in [0.717, 1.165) is 16.1 Å². The van der Waals surface area contributed by atoms with Gasteiger partial charge in [0.1, 0.15) is 22.4 Å². The molecule has 0 bridgehead atoms. The molecule has 0 unspecified atom stereocenters. The predicted molar refractivity (Wildman–Crippen MR) is 73.5 cm³/mol. The third-order valence-electron chi connectivity index (χ3n) is 2.24. The molecule has 2 N–H and O–H groups in total. The topological polar surface area (TPSA) is 59.1 Å². The van der Waals surface area contributed by atoms with Crippen molar-refractivity contribution in [3.8, 4) is 0 Å². The van der Waals surface area contributed by atoms with Crippen LogP contribution in [0.5, 0.6) is 0 Å². The largest absolute Gasteiger partial charge is 0.374 e. The summed E-state index contributed by atoms with van der Waals surface area (Å²) in [5.74, 6) is 1.52. The maximum atomic E-state index is 5.61. The molecule has 0 aliphatic rings. The molecule has 0 saturated carbocycles. The summed E-state index contributed by atoms with van der Waals surface area (Å²) in [7, 11) is 1.82. The fraction of sp³-hybridized carbons (Fsp3) is 0.636. The van der Waals surface area contributed by atoms with Gasteiger partial charge >= 0.3 is 0 Å². The van der Waals surface area contributed by atoms with Crippen molar-refractivity contribution < 1.29 is 4.74 Å². The van der Waals surface area contributed by atoms with Gasteiger partial charge in [-0.25, -0.2) is 9.97 Å². The maximum Gasteiger partial charge on any atom is 0.146 e. The SMILES string of the molecule is CCOC(C)(C)CNc1ncnc(NC)c1Br. The van der Waals surface area contributed by atoms with Crippen LogP contribution in [0.15, 0.2) is 10.8 Å². The lowest BCUT2D eigenvalue weighted by Gasteiger charge is -2.25. The molecule has 1 heterocycles. The van der Waals surface area contributed by atoms with Crippen LogP contribution in [0, 0.1) is 0 Å². The Labute approximate surface area is 111 Å². The van der Waals surface area contributed by atoms with E-state index < -0.39 is 0 Å². The fourth-order valence-corrected chi connectivity index (χ4v) is 1.95. The van der Waals surface area contributed by atoms with Crippen LogP contribution < -0.4 is 10.6 Å². The number of aromatic nitrogens is 2. The Balaban J connectivity index is 2.69. The van der Waals surface area contributed by atoms with Gasteiger partial charge in [0.15, 0.2) is 0 Å². The molecule has 1 aromatic heterocycles. The number of nitrogens with one attached hydrogen (secondary N) is 2. The first-order valence-corrected chi connectivity index (χ1v) is 6.35. The summed E-state index contributed by atoms with van der Waals surface area (Å²) < 4.78 is 6.44. The zero-order valence-corrected chi connectivity index (χ0v) is 12.3. The summed E-state index contributed by atoms with van der Waals surface area (Å²) in [6.45, 7) is 7.44. The van der Waals surface area contributed by atoms with Gasteiger partial charge in [-0.2, -0.15) is 0 Å². The second kappa shape index (κ2) is 6.16. The first-order chi connectivity index (χ1) is 8.00. The number of nitrogens with zero attached hydrogens (tertiary/aromatic N) is 2. The molecule has 0 aromatic carbocycles. The highest BCUT2D eigenvalue weighted by molar-refractivity contribution is 9.10. The van der Waals surface area contributed by atoms with Crippen molar-refractivity contribution in [2.75, 3.05) is 30.8 Å². The Kier molecular flexibility index (Phi) is 5.14. The second-order valence-electron chi connectivity index (χ2n) is 4.18. The summed E-state index contributed by atoms with van der Waals surface area (Å²) in [6, 6.07) is 0. The molecule has 0 atom stereocenters. The third-order valence-corrected chi connectivity index (χ3v) is 2.99. The molecular formula is C11H19BrN4O. The van der Waals surface area contributed by atoms with Gasteiger partial charge < -0.3 is 15.4 Å². The van der Waals surface area contributed by atoms with Gasteiger partial charge in [0.25, 0.3) is 0 Å². The van der Waals surface area contributed by atoms with E-state index in [1.165, 1.54) is 6.33 Å². The van der Waals surface area contributed by atoms with Crippen molar-refractivity contribution in [2.45, 2.75) is 26.4 Å². The molecule has 0 aliphatic heterocycles. The lowest BCUT2D eigenvalue weighted by Crippen LogP contribution is -2.33. The molecule has 0 radical (unpaired) electrons. The minimum atomic E-state index is -0.223. The summed E-state index contributed by atoms with van der Waals surface area (Å²) in [5.41, 5.74) is -0.223. The van der Waals surface area contributed by atoms with Gasteiger partial charge in [0.05, 0.1) is 5.60 Å². The molecule has 17 heavy (non-hydrogen) atoms. The van der Waals surface area contributed by atoms with Crippen molar-refractivity contribution in [1.82, 2.24) is 9.97 Å². The number of halogens is 1. The summed E-state index contributed by atoms with van der Waals surface area (Å²) >= 11 is 3.46. The van der Waals surface area contributed by atoms with Crippen molar-refractivity contribution in [3.63, 3.8) is 0 Å². The van der Waals surface area contributed by atoms with Crippen molar-refractivity contribution in [3.05, 3.63) is 10.8 Å². The lowest BCUT2D eigenvalue weighted by molar-refractivity contribution is 0.000632. The highest BCUT2D eigenvalue weighted by Gasteiger charge is 2.18. The molecule has 1 aromatic rings. The Morgan fingerprint density at radius 2 is 2.00 bits per heavy atom. The number of rotatable bonds is 6. The van der Waals surface area contributed by atoms with Crippen molar-refractivity contribution in [1.29, 1.82) is 0 Å². The molecule has 0 fully saturated rings. The van der Waals surface area contributed by atoms with Crippen LogP contribution >= 0.6 is 15.9 Å². The summed E-state index contributed by atoms with van der Waals surface area (Å²) in [6.07, 6.45) is 1.52. The minimum absolute atomic E-state index is 0.223. The zero-order chi connectivity index (χ0) is 12.9. The Morgan fingerprint density at radius 1 is 1.35 bits per heavy atom. The highest BCUT2D eigenvalue weighted by atomic mass is 79.9. The molecular weight excluding hydrogens is 284 g/mol. The number of ether oxygens (including phenoxy) is 1. The second-order valence-corrected chi connectivity index (χ2v) is 4.97. The van der Waals surface area contributed by atoms with E-state index in [1.807, 2.05) is 27.8 Å². The molecule has 0 spiro atoms. The lowest BCUT2D eigenvalue weighted by atomic mass is 10.1. The van der Waals surface area contributed by atoms with E-state index in [-0.39, 0.29) is 5.60 Å². The Morgan fingerprint density at radius 3 is 2.59 bits per heavy atom. The van der Waals surface area contributed by atoms with E-state index >= 15 is 0 Å². The average Bonchev–Trinajstić information content (AvgIpc) is 2.28. The Bertz CT molecular complexity index is 370. The molecule has 0 aliphatic carbocycles. The van der Waals surface area contributed by atoms with Gasteiger partial charge in [-0.3, -0.25) is 0 Å².